The normalized spacial score (nSPS) is 12.9. The number of nitrogen functional groups attached to an aromatic ring is 1. The maximum absolute atomic E-state index is 11.9. The molecule has 0 amide bonds. The maximum atomic E-state index is 11.9. The third-order valence-electron chi connectivity index (χ3n) is 2.67. The van der Waals surface area contributed by atoms with Gasteiger partial charge in [-0.3, -0.25) is 5.41 Å². The van der Waals surface area contributed by atoms with Crippen molar-refractivity contribution in [1.82, 2.24) is 4.98 Å². The highest BCUT2D eigenvalue weighted by molar-refractivity contribution is 7.91. The lowest BCUT2D eigenvalue weighted by Crippen LogP contribution is -2.20. The zero-order valence-electron chi connectivity index (χ0n) is 11.9. The van der Waals surface area contributed by atoms with E-state index in [1.165, 1.54) is 11.3 Å². The van der Waals surface area contributed by atoms with Gasteiger partial charge in [0.2, 0.25) is 0 Å². The lowest BCUT2D eigenvalue weighted by Gasteiger charge is -2.16. The smallest absolute Gasteiger partial charge is 0.159 e. The minimum Gasteiger partial charge on any atom is -0.383 e. The zero-order chi connectivity index (χ0) is 15.0. The SMILES string of the molecule is CC(C)S(=O)(=O)Cc1nc(C(C)(C)C)c(C(=N)N)s1. The molecule has 0 saturated heterocycles. The fourth-order valence-electron chi connectivity index (χ4n) is 1.46. The first-order valence-electron chi connectivity index (χ1n) is 6.01. The second-order valence-corrected chi connectivity index (χ2v) is 9.45. The van der Waals surface area contributed by atoms with Crippen LogP contribution in [0.25, 0.3) is 0 Å². The minimum atomic E-state index is -3.19. The molecule has 7 heteroatoms. The first-order chi connectivity index (χ1) is 8.45. The highest BCUT2D eigenvalue weighted by Crippen LogP contribution is 2.30. The molecule has 0 fully saturated rings. The van der Waals surface area contributed by atoms with Crippen LogP contribution in [0.1, 0.15) is 50.2 Å². The molecular formula is C12H21N3O2S2. The molecule has 0 aromatic carbocycles. The van der Waals surface area contributed by atoms with Gasteiger partial charge >= 0.3 is 0 Å². The first-order valence-corrected chi connectivity index (χ1v) is 8.54. The van der Waals surface area contributed by atoms with Gasteiger partial charge in [-0.05, 0) is 13.8 Å². The van der Waals surface area contributed by atoms with Crippen LogP contribution in [0.2, 0.25) is 0 Å². The van der Waals surface area contributed by atoms with E-state index in [9.17, 15) is 8.42 Å². The van der Waals surface area contributed by atoms with Crippen molar-refractivity contribution < 1.29 is 8.42 Å². The Labute approximate surface area is 118 Å². The number of aromatic nitrogens is 1. The van der Waals surface area contributed by atoms with Crippen molar-refractivity contribution >= 4 is 27.0 Å². The van der Waals surface area contributed by atoms with Gasteiger partial charge in [0.25, 0.3) is 0 Å². The Hall–Kier alpha value is -0.950. The predicted octanol–water partition coefficient (Wildman–Crippen LogP) is 2.05. The second-order valence-electron chi connectivity index (χ2n) is 5.80. The van der Waals surface area contributed by atoms with Crippen LogP contribution in [-0.2, 0) is 21.0 Å². The van der Waals surface area contributed by atoms with Crippen LogP contribution in [0.15, 0.2) is 0 Å². The minimum absolute atomic E-state index is 0.0596. The summed E-state index contributed by atoms with van der Waals surface area (Å²) in [5, 5.41) is 7.65. The maximum Gasteiger partial charge on any atom is 0.159 e. The lowest BCUT2D eigenvalue weighted by molar-refractivity contribution is 0.568. The summed E-state index contributed by atoms with van der Waals surface area (Å²) in [6.07, 6.45) is 0. The summed E-state index contributed by atoms with van der Waals surface area (Å²) in [5.41, 5.74) is 5.98. The van der Waals surface area contributed by atoms with E-state index in [0.717, 1.165) is 0 Å². The van der Waals surface area contributed by atoms with Gasteiger partial charge in [-0.15, -0.1) is 11.3 Å². The molecule has 0 saturated carbocycles. The van der Waals surface area contributed by atoms with Crippen LogP contribution >= 0.6 is 11.3 Å². The summed E-state index contributed by atoms with van der Waals surface area (Å²) in [5.74, 6) is -0.151. The van der Waals surface area contributed by atoms with Crippen LogP contribution < -0.4 is 5.73 Å². The number of nitrogens with two attached hydrogens (primary N) is 1. The van der Waals surface area contributed by atoms with Crippen LogP contribution in [0, 0.1) is 5.41 Å². The molecule has 0 unspecified atom stereocenters. The van der Waals surface area contributed by atoms with Crippen molar-refractivity contribution in [2.24, 2.45) is 5.73 Å². The molecule has 0 aliphatic heterocycles. The third-order valence-corrected chi connectivity index (χ3v) is 6.05. The first kappa shape index (κ1) is 16.1. The van der Waals surface area contributed by atoms with E-state index in [2.05, 4.69) is 4.98 Å². The number of thiazole rings is 1. The van der Waals surface area contributed by atoms with E-state index in [1.54, 1.807) is 13.8 Å². The van der Waals surface area contributed by atoms with E-state index < -0.39 is 15.1 Å². The Morgan fingerprint density at radius 1 is 1.42 bits per heavy atom. The number of hydrogen-bond donors (Lipinski definition) is 2. The van der Waals surface area contributed by atoms with Crippen molar-refractivity contribution in [3.05, 3.63) is 15.6 Å². The second kappa shape index (κ2) is 5.20. The average molecular weight is 303 g/mol. The molecule has 1 heterocycles. The Balaban J connectivity index is 3.24. The van der Waals surface area contributed by atoms with E-state index in [4.69, 9.17) is 11.1 Å². The summed E-state index contributed by atoms with van der Waals surface area (Å²) in [7, 11) is -3.19. The molecular weight excluding hydrogens is 282 g/mol. The summed E-state index contributed by atoms with van der Waals surface area (Å²) in [6, 6.07) is 0. The average Bonchev–Trinajstić information content (AvgIpc) is 2.60. The number of nitrogens with one attached hydrogen (secondary N) is 1. The number of rotatable bonds is 4. The molecule has 0 spiro atoms. The molecule has 0 aliphatic carbocycles. The van der Waals surface area contributed by atoms with Crippen molar-refractivity contribution in [1.29, 1.82) is 5.41 Å². The van der Waals surface area contributed by atoms with Crippen LogP contribution in [0.3, 0.4) is 0 Å². The van der Waals surface area contributed by atoms with E-state index in [0.29, 0.717) is 15.6 Å². The quantitative estimate of drug-likeness (QED) is 0.657. The molecule has 5 nitrogen and oxygen atoms in total. The van der Waals surface area contributed by atoms with Crippen molar-refractivity contribution in [2.75, 3.05) is 0 Å². The monoisotopic (exact) mass is 303 g/mol. The van der Waals surface area contributed by atoms with Gasteiger partial charge in [-0.2, -0.15) is 0 Å². The van der Waals surface area contributed by atoms with Crippen molar-refractivity contribution in [3.63, 3.8) is 0 Å². The topological polar surface area (TPSA) is 96.9 Å². The van der Waals surface area contributed by atoms with Gasteiger partial charge in [0.1, 0.15) is 16.6 Å². The highest BCUT2D eigenvalue weighted by Gasteiger charge is 2.27. The van der Waals surface area contributed by atoms with E-state index in [-0.39, 0.29) is 17.0 Å². The Morgan fingerprint density at radius 2 is 1.95 bits per heavy atom. The summed E-state index contributed by atoms with van der Waals surface area (Å²) in [4.78, 5) is 4.96. The van der Waals surface area contributed by atoms with Crippen LogP contribution in [0.5, 0.6) is 0 Å². The third kappa shape index (κ3) is 3.76. The van der Waals surface area contributed by atoms with E-state index >= 15 is 0 Å². The lowest BCUT2D eigenvalue weighted by atomic mass is 9.91. The Bertz CT molecular complexity index is 581. The van der Waals surface area contributed by atoms with Gasteiger partial charge in [0.15, 0.2) is 9.84 Å². The van der Waals surface area contributed by atoms with Crippen LogP contribution in [0.4, 0.5) is 0 Å². The Morgan fingerprint density at radius 3 is 2.26 bits per heavy atom. The van der Waals surface area contributed by atoms with Gasteiger partial charge in [-0.1, -0.05) is 20.8 Å². The molecule has 0 atom stereocenters. The summed E-state index contributed by atoms with van der Waals surface area (Å²) < 4.78 is 23.8. The standard InChI is InChI=1S/C12H21N3O2S2/c1-7(2)19(16,17)6-8-15-10(12(3,4)5)9(18-8)11(13)14/h7H,6H2,1-5H3,(H3,13,14). The fraction of sp³-hybridized carbons (Fsp3) is 0.667. The Kier molecular flexibility index (Phi) is 4.41. The number of hydrogen-bond acceptors (Lipinski definition) is 5. The summed E-state index contributed by atoms with van der Waals surface area (Å²) in [6.45, 7) is 9.21. The number of sulfone groups is 1. The number of amidine groups is 1. The van der Waals surface area contributed by atoms with Crippen molar-refractivity contribution in [2.45, 2.75) is 51.0 Å². The van der Waals surface area contributed by atoms with Gasteiger partial charge < -0.3 is 5.73 Å². The molecule has 108 valence electrons. The predicted molar refractivity (Wildman–Crippen MR) is 79.6 cm³/mol. The molecule has 1 aromatic rings. The van der Waals surface area contributed by atoms with Crippen molar-refractivity contribution in [3.8, 4) is 0 Å². The molecule has 19 heavy (non-hydrogen) atoms. The highest BCUT2D eigenvalue weighted by atomic mass is 32.2. The van der Waals surface area contributed by atoms with E-state index in [1.807, 2.05) is 20.8 Å². The molecule has 1 aromatic heterocycles. The molecule has 0 radical (unpaired) electrons. The van der Waals surface area contributed by atoms with Gasteiger partial charge in [0, 0.05) is 5.41 Å². The molecule has 0 aliphatic rings. The molecule has 1 rings (SSSR count). The van der Waals surface area contributed by atoms with Gasteiger partial charge in [-0.25, -0.2) is 13.4 Å². The van der Waals surface area contributed by atoms with Crippen LogP contribution in [-0.4, -0.2) is 24.5 Å². The fourth-order valence-corrected chi connectivity index (χ4v) is 3.86. The molecule has 3 N–H and O–H groups in total. The molecule has 0 bridgehead atoms. The largest absolute Gasteiger partial charge is 0.383 e. The zero-order valence-corrected chi connectivity index (χ0v) is 13.6. The summed E-state index contributed by atoms with van der Waals surface area (Å²) >= 11 is 1.20. The number of nitrogens with zero attached hydrogens (tertiary/aromatic N) is 1. The van der Waals surface area contributed by atoms with Gasteiger partial charge in [0.05, 0.1) is 15.8 Å².